The first-order valence-electron chi connectivity index (χ1n) is 7.53. The molecular weight excluding hydrogens is 349 g/mol. The minimum absolute atomic E-state index is 0.00402. The molecule has 0 spiro atoms. The standard InChI is InChI=1S/C16H19F3N6O/c1-22-25(2)8-10(20)6-14(26)24-13-7-23-12-4-3-9(16(17,18)19)5-11(12)15(13)21/h3-5,7-8,22H,6,20H2,1-2H3,(H2,21,23)(H,24,26)/b10-8-. The maximum atomic E-state index is 12.9. The third-order valence-electron chi connectivity index (χ3n) is 3.59. The fourth-order valence-electron chi connectivity index (χ4n) is 2.23. The van der Waals surface area contributed by atoms with Crippen molar-refractivity contribution in [1.29, 1.82) is 0 Å². The fraction of sp³-hybridized carbons (Fsp3) is 0.250. The van der Waals surface area contributed by atoms with Crippen LogP contribution in [0.5, 0.6) is 0 Å². The molecule has 0 radical (unpaired) electrons. The molecule has 0 aliphatic carbocycles. The van der Waals surface area contributed by atoms with Gasteiger partial charge in [-0.25, -0.2) is 5.43 Å². The quantitative estimate of drug-likeness (QED) is 0.601. The smallest absolute Gasteiger partial charge is 0.400 e. The Morgan fingerprint density at radius 3 is 2.69 bits per heavy atom. The van der Waals surface area contributed by atoms with Crippen LogP contribution >= 0.6 is 0 Å². The Hall–Kier alpha value is -3.01. The first-order valence-corrected chi connectivity index (χ1v) is 7.53. The Labute approximate surface area is 147 Å². The van der Waals surface area contributed by atoms with Gasteiger partial charge in [0.15, 0.2) is 0 Å². The number of fused-ring (bicyclic) bond motifs is 1. The van der Waals surface area contributed by atoms with Gasteiger partial charge in [-0.15, -0.1) is 0 Å². The van der Waals surface area contributed by atoms with Crippen LogP contribution in [0.4, 0.5) is 24.5 Å². The van der Waals surface area contributed by atoms with Gasteiger partial charge in [-0.3, -0.25) is 9.78 Å². The summed E-state index contributed by atoms with van der Waals surface area (Å²) in [6.07, 6.45) is -1.80. The number of carbonyl (C=O) groups is 1. The van der Waals surface area contributed by atoms with E-state index in [0.717, 1.165) is 12.1 Å². The van der Waals surface area contributed by atoms with Gasteiger partial charge in [-0.05, 0) is 18.2 Å². The summed E-state index contributed by atoms with van der Waals surface area (Å²) in [6, 6.07) is 3.06. The maximum Gasteiger partial charge on any atom is 0.416 e. The van der Waals surface area contributed by atoms with E-state index < -0.39 is 17.6 Å². The predicted molar refractivity (Wildman–Crippen MR) is 93.5 cm³/mol. The van der Waals surface area contributed by atoms with Crippen LogP contribution in [0.3, 0.4) is 0 Å². The molecule has 0 unspecified atom stereocenters. The van der Waals surface area contributed by atoms with Crippen molar-refractivity contribution in [2.24, 2.45) is 5.73 Å². The van der Waals surface area contributed by atoms with E-state index in [1.807, 2.05) is 0 Å². The molecular formula is C16H19F3N6O. The molecule has 1 aromatic carbocycles. The van der Waals surface area contributed by atoms with Gasteiger partial charge in [-0.1, -0.05) is 0 Å². The summed E-state index contributed by atoms with van der Waals surface area (Å²) in [6.45, 7) is 0. The lowest BCUT2D eigenvalue weighted by atomic mass is 10.1. The van der Waals surface area contributed by atoms with Crippen LogP contribution in [-0.4, -0.2) is 30.0 Å². The van der Waals surface area contributed by atoms with Crippen LogP contribution in [0.25, 0.3) is 10.9 Å². The molecule has 7 nitrogen and oxygen atoms in total. The molecule has 6 N–H and O–H groups in total. The van der Waals surface area contributed by atoms with Crippen molar-refractivity contribution in [2.45, 2.75) is 12.6 Å². The van der Waals surface area contributed by atoms with Crippen molar-refractivity contribution in [3.8, 4) is 0 Å². The zero-order chi connectivity index (χ0) is 19.5. The summed E-state index contributed by atoms with van der Waals surface area (Å²) in [5.74, 6) is -0.469. The number of benzene rings is 1. The number of alkyl halides is 3. The number of hydrazine groups is 1. The average molecular weight is 368 g/mol. The number of hydrogen-bond acceptors (Lipinski definition) is 6. The molecule has 0 atom stereocenters. The Bertz CT molecular complexity index is 850. The number of rotatable bonds is 5. The molecule has 2 rings (SSSR count). The molecule has 2 aromatic rings. The highest BCUT2D eigenvalue weighted by molar-refractivity contribution is 6.02. The largest absolute Gasteiger partial charge is 0.416 e. The number of nitrogens with one attached hydrogen (secondary N) is 2. The number of nitrogens with two attached hydrogens (primary N) is 2. The topological polar surface area (TPSA) is 109 Å². The van der Waals surface area contributed by atoms with Crippen molar-refractivity contribution in [1.82, 2.24) is 15.4 Å². The second kappa shape index (κ2) is 7.48. The second-order valence-corrected chi connectivity index (χ2v) is 5.58. The number of carbonyl (C=O) groups excluding carboxylic acids is 1. The van der Waals surface area contributed by atoms with Crippen LogP contribution < -0.4 is 22.2 Å². The van der Waals surface area contributed by atoms with Crippen molar-refractivity contribution in [2.75, 3.05) is 25.1 Å². The van der Waals surface area contributed by atoms with Gasteiger partial charge >= 0.3 is 6.18 Å². The number of halogens is 3. The summed E-state index contributed by atoms with van der Waals surface area (Å²) in [5.41, 5.74) is 14.3. The summed E-state index contributed by atoms with van der Waals surface area (Å²) in [5, 5.41) is 4.19. The summed E-state index contributed by atoms with van der Waals surface area (Å²) in [4.78, 5) is 16.1. The Kier molecular flexibility index (Phi) is 5.56. The molecule has 0 saturated carbocycles. The molecule has 1 heterocycles. The van der Waals surface area contributed by atoms with E-state index >= 15 is 0 Å². The second-order valence-electron chi connectivity index (χ2n) is 5.58. The highest BCUT2D eigenvalue weighted by atomic mass is 19.4. The van der Waals surface area contributed by atoms with Gasteiger partial charge in [0.25, 0.3) is 0 Å². The predicted octanol–water partition coefficient (Wildman–Crippen LogP) is 2.03. The van der Waals surface area contributed by atoms with E-state index in [9.17, 15) is 18.0 Å². The molecule has 140 valence electrons. The van der Waals surface area contributed by atoms with Crippen LogP contribution in [-0.2, 0) is 11.0 Å². The van der Waals surface area contributed by atoms with Gasteiger partial charge in [0.1, 0.15) is 0 Å². The molecule has 10 heteroatoms. The van der Waals surface area contributed by atoms with Gasteiger partial charge in [0.05, 0.1) is 35.1 Å². The molecule has 0 aliphatic rings. The van der Waals surface area contributed by atoms with Crippen LogP contribution in [0, 0.1) is 0 Å². The molecule has 1 amide bonds. The molecule has 26 heavy (non-hydrogen) atoms. The van der Waals surface area contributed by atoms with E-state index in [1.165, 1.54) is 18.5 Å². The number of anilines is 2. The molecule has 0 aliphatic heterocycles. The Morgan fingerprint density at radius 2 is 2.08 bits per heavy atom. The minimum Gasteiger partial charge on any atom is -0.400 e. The average Bonchev–Trinajstić information content (AvgIpc) is 2.56. The van der Waals surface area contributed by atoms with E-state index in [2.05, 4.69) is 15.7 Å². The summed E-state index contributed by atoms with van der Waals surface area (Å²) < 4.78 is 38.6. The number of pyridine rings is 1. The number of aromatic nitrogens is 1. The van der Waals surface area contributed by atoms with E-state index in [4.69, 9.17) is 11.5 Å². The van der Waals surface area contributed by atoms with Crippen molar-refractivity contribution < 1.29 is 18.0 Å². The lowest BCUT2D eigenvalue weighted by molar-refractivity contribution is -0.137. The molecule has 1 aromatic heterocycles. The normalized spacial score (nSPS) is 12.3. The zero-order valence-corrected chi connectivity index (χ0v) is 14.2. The first-order chi connectivity index (χ1) is 12.1. The lowest BCUT2D eigenvalue weighted by Gasteiger charge is -2.14. The van der Waals surface area contributed by atoms with Crippen LogP contribution in [0.2, 0.25) is 0 Å². The SMILES string of the molecule is CNN(C)/C=C(\N)CC(=O)Nc1cnc2ccc(C(F)(F)F)cc2c1N. The van der Waals surface area contributed by atoms with Crippen molar-refractivity contribution >= 4 is 28.2 Å². The van der Waals surface area contributed by atoms with E-state index in [1.54, 1.807) is 19.1 Å². The number of nitrogens with zero attached hydrogens (tertiary/aromatic N) is 2. The zero-order valence-electron chi connectivity index (χ0n) is 14.2. The van der Waals surface area contributed by atoms with Gasteiger partial charge in [-0.2, -0.15) is 13.2 Å². The number of amides is 1. The molecule has 0 saturated heterocycles. The van der Waals surface area contributed by atoms with E-state index in [0.29, 0.717) is 5.52 Å². The molecule has 0 bridgehead atoms. The third kappa shape index (κ3) is 4.54. The van der Waals surface area contributed by atoms with Crippen LogP contribution in [0.15, 0.2) is 36.3 Å². The van der Waals surface area contributed by atoms with E-state index in [-0.39, 0.29) is 28.9 Å². The highest BCUT2D eigenvalue weighted by Gasteiger charge is 2.30. The van der Waals surface area contributed by atoms with Crippen LogP contribution in [0.1, 0.15) is 12.0 Å². The Morgan fingerprint density at radius 1 is 1.38 bits per heavy atom. The maximum absolute atomic E-state index is 12.9. The third-order valence-corrected chi connectivity index (χ3v) is 3.59. The van der Waals surface area contributed by atoms with Gasteiger partial charge < -0.3 is 21.8 Å². The lowest BCUT2D eigenvalue weighted by Crippen LogP contribution is -2.27. The minimum atomic E-state index is -4.50. The number of hydrogen-bond donors (Lipinski definition) is 4. The first kappa shape index (κ1) is 19.3. The van der Waals surface area contributed by atoms with Gasteiger partial charge in [0.2, 0.25) is 5.91 Å². The van der Waals surface area contributed by atoms with Crippen molar-refractivity contribution in [3.05, 3.63) is 41.9 Å². The van der Waals surface area contributed by atoms with Gasteiger partial charge in [0, 0.05) is 31.4 Å². The number of nitrogen functional groups attached to an aromatic ring is 1. The highest BCUT2D eigenvalue weighted by Crippen LogP contribution is 2.34. The summed E-state index contributed by atoms with van der Waals surface area (Å²) >= 11 is 0. The Balaban J connectivity index is 2.26. The monoisotopic (exact) mass is 368 g/mol. The summed E-state index contributed by atoms with van der Waals surface area (Å²) in [7, 11) is 3.38. The van der Waals surface area contributed by atoms with Crippen molar-refractivity contribution in [3.63, 3.8) is 0 Å². The fourth-order valence-corrected chi connectivity index (χ4v) is 2.23. The molecule has 0 fully saturated rings.